The predicted molar refractivity (Wildman–Crippen MR) is 118 cm³/mol. The lowest BCUT2D eigenvalue weighted by Crippen LogP contribution is -2.41. The summed E-state index contributed by atoms with van der Waals surface area (Å²) in [5, 5.41) is 11.1. The number of benzene rings is 2. The van der Waals surface area contributed by atoms with E-state index in [1.165, 1.54) is 12.1 Å². The Labute approximate surface area is 193 Å². The Balaban J connectivity index is 1.38. The number of nitrogens with two attached hydrogens (primary N) is 1. The minimum Gasteiger partial charge on any atom is -0.486 e. The van der Waals surface area contributed by atoms with Crippen molar-refractivity contribution in [2.24, 2.45) is 12.8 Å². The number of amides is 1. The standard InChI is InChI=1S/C23H24F3N5O3/c1-31-20(13-33-18-4-2-3-15(11-18)23(24,25)26)29-30-21(31)14-5-8-17(9-6-14)28-22(32)19-10-7-16(27)12-34-19/h2-6,8-9,11,16,19H,7,10,12-13,27H2,1H3,(H,28,32)/t16-,19+/m1/s1. The fourth-order valence-electron chi connectivity index (χ4n) is 3.55. The lowest BCUT2D eigenvalue weighted by atomic mass is 10.1. The van der Waals surface area contributed by atoms with Crippen molar-refractivity contribution in [3.05, 3.63) is 59.9 Å². The van der Waals surface area contributed by atoms with Crippen molar-refractivity contribution >= 4 is 11.6 Å². The first-order valence-corrected chi connectivity index (χ1v) is 10.7. The number of nitrogens with zero attached hydrogens (tertiary/aromatic N) is 3. The van der Waals surface area contributed by atoms with Gasteiger partial charge in [0.2, 0.25) is 0 Å². The summed E-state index contributed by atoms with van der Waals surface area (Å²) in [5.74, 6) is 0.860. The van der Waals surface area contributed by atoms with Crippen LogP contribution in [-0.2, 0) is 29.4 Å². The van der Waals surface area contributed by atoms with Crippen molar-refractivity contribution in [1.29, 1.82) is 0 Å². The van der Waals surface area contributed by atoms with E-state index in [1.807, 2.05) is 0 Å². The Bertz CT molecular complexity index is 1140. The average Bonchev–Trinajstić information content (AvgIpc) is 3.18. The zero-order chi connectivity index (χ0) is 24.3. The molecule has 1 saturated heterocycles. The number of nitrogens with one attached hydrogen (secondary N) is 1. The van der Waals surface area contributed by atoms with E-state index in [2.05, 4.69) is 15.5 Å². The van der Waals surface area contributed by atoms with Crippen LogP contribution >= 0.6 is 0 Å². The van der Waals surface area contributed by atoms with E-state index < -0.39 is 17.8 Å². The fourth-order valence-corrected chi connectivity index (χ4v) is 3.55. The normalized spacial score (nSPS) is 18.5. The monoisotopic (exact) mass is 475 g/mol. The minimum absolute atomic E-state index is 0.0323. The first kappa shape index (κ1) is 23.7. The molecule has 0 spiro atoms. The molecule has 1 amide bonds. The van der Waals surface area contributed by atoms with Crippen LogP contribution in [0.15, 0.2) is 48.5 Å². The number of hydrogen-bond donors (Lipinski definition) is 2. The summed E-state index contributed by atoms with van der Waals surface area (Å²) in [6.07, 6.45) is -3.64. The molecule has 1 aliphatic heterocycles. The van der Waals surface area contributed by atoms with Crippen LogP contribution in [0.1, 0.15) is 24.2 Å². The maximum Gasteiger partial charge on any atom is 0.416 e. The van der Waals surface area contributed by atoms with Gasteiger partial charge in [0.1, 0.15) is 18.5 Å². The summed E-state index contributed by atoms with van der Waals surface area (Å²) >= 11 is 0. The molecule has 2 heterocycles. The molecular formula is C23H24F3N5O3. The first-order chi connectivity index (χ1) is 16.2. The molecule has 0 saturated carbocycles. The Morgan fingerprint density at radius 1 is 1.21 bits per heavy atom. The molecule has 8 nitrogen and oxygen atoms in total. The van der Waals surface area contributed by atoms with Crippen LogP contribution in [0.4, 0.5) is 18.9 Å². The molecule has 11 heteroatoms. The van der Waals surface area contributed by atoms with Gasteiger partial charge in [-0.1, -0.05) is 6.07 Å². The van der Waals surface area contributed by atoms with Gasteiger partial charge >= 0.3 is 6.18 Å². The molecule has 0 bridgehead atoms. The maximum atomic E-state index is 12.9. The van der Waals surface area contributed by atoms with Crippen LogP contribution in [0, 0.1) is 0 Å². The van der Waals surface area contributed by atoms with Gasteiger partial charge in [-0.25, -0.2) is 0 Å². The Hall–Kier alpha value is -3.44. The number of halogens is 3. The largest absolute Gasteiger partial charge is 0.486 e. The van der Waals surface area contributed by atoms with Gasteiger partial charge < -0.3 is 25.1 Å². The molecule has 1 aliphatic rings. The highest BCUT2D eigenvalue weighted by Crippen LogP contribution is 2.31. The van der Waals surface area contributed by atoms with Gasteiger partial charge in [0, 0.05) is 24.3 Å². The minimum atomic E-state index is -4.44. The number of aromatic nitrogens is 3. The van der Waals surface area contributed by atoms with Crippen molar-refractivity contribution in [3.63, 3.8) is 0 Å². The number of carbonyl (C=O) groups excluding carboxylic acids is 1. The average molecular weight is 475 g/mol. The van der Waals surface area contributed by atoms with E-state index in [0.717, 1.165) is 24.1 Å². The second-order valence-electron chi connectivity index (χ2n) is 8.04. The zero-order valence-electron chi connectivity index (χ0n) is 18.4. The van der Waals surface area contributed by atoms with Crippen molar-refractivity contribution in [3.8, 4) is 17.1 Å². The lowest BCUT2D eigenvalue weighted by molar-refractivity contribution is -0.137. The molecular weight excluding hydrogens is 451 g/mol. The SMILES string of the molecule is Cn1c(COc2cccc(C(F)(F)F)c2)nnc1-c1ccc(NC(=O)[C@@H]2CC[C@@H](N)CO2)cc1. The van der Waals surface area contributed by atoms with Gasteiger partial charge in [-0.05, 0) is 55.3 Å². The van der Waals surface area contributed by atoms with Gasteiger partial charge in [0.15, 0.2) is 11.6 Å². The lowest BCUT2D eigenvalue weighted by Gasteiger charge is -2.25. The second-order valence-corrected chi connectivity index (χ2v) is 8.04. The number of anilines is 1. The molecule has 1 fully saturated rings. The Morgan fingerprint density at radius 3 is 2.65 bits per heavy atom. The summed E-state index contributed by atoms with van der Waals surface area (Å²) in [6.45, 7) is 0.312. The smallest absolute Gasteiger partial charge is 0.416 e. The molecule has 4 rings (SSSR count). The van der Waals surface area contributed by atoms with Crippen LogP contribution in [0.3, 0.4) is 0 Å². The maximum absolute atomic E-state index is 12.9. The summed E-state index contributed by atoms with van der Waals surface area (Å²) in [5.41, 5.74) is 6.37. The molecule has 1 aromatic heterocycles. The highest BCUT2D eigenvalue weighted by Gasteiger charge is 2.30. The first-order valence-electron chi connectivity index (χ1n) is 10.7. The van der Waals surface area contributed by atoms with Crippen molar-refractivity contribution in [2.75, 3.05) is 11.9 Å². The van der Waals surface area contributed by atoms with E-state index in [-0.39, 0.29) is 24.3 Å². The number of rotatable bonds is 6. The molecule has 180 valence electrons. The molecule has 3 N–H and O–H groups in total. The van der Waals surface area contributed by atoms with Crippen molar-refractivity contribution < 1.29 is 27.4 Å². The van der Waals surface area contributed by atoms with E-state index in [0.29, 0.717) is 30.4 Å². The summed E-state index contributed by atoms with van der Waals surface area (Å²) in [6, 6.07) is 11.7. The van der Waals surface area contributed by atoms with Gasteiger partial charge in [0.05, 0.1) is 12.2 Å². The molecule has 2 atom stereocenters. The van der Waals surface area contributed by atoms with E-state index >= 15 is 0 Å². The predicted octanol–water partition coefficient (Wildman–Crippen LogP) is 3.52. The number of carbonyl (C=O) groups is 1. The van der Waals surface area contributed by atoms with Crippen LogP contribution in [0.5, 0.6) is 5.75 Å². The van der Waals surface area contributed by atoms with Gasteiger partial charge in [-0.3, -0.25) is 4.79 Å². The summed E-state index contributed by atoms with van der Waals surface area (Å²) in [7, 11) is 1.74. The third-order valence-corrected chi connectivity index (χ3v) is 5.51. The Kier molecular flexibility index (Phi) is 6.85. The molecule has 0 unspecified atom stereocenters. The number of alkyl halides is 3. The van der Waals surface area contributed by atoms with Gasteiger partial charge in [-0.15, -0.1) is 10.2 Å². The van der Waals surface area contributed by atoms with Crippen LogP contribution < -0.4 is 15.8 Å². The third-order valence-electron chi connectivity index (χ3n) is 5.51. The van der Waals surface area contributed by atoms with E-state index in [1.54, 1.807) is 35.9 Å². The third kappa shape index (κ3) is 5.54. The zero-order valence-corrected chi connectivity index (χ0v) is 18.4. The van der Waals surface area contributed by atoms with Crippen LogP contribution in [0.25, 0.3) is 11.4 Å². The van der Waals surface area contributed by atoms with E-state index in [9.17, 15) is 18.0 Å². The molecule has 3 aromatic rings. The summed E-state index contributed by atoms with van der Waals surface area (Å²) < 4.78 is 51.3. The van der Waals surface area contributed by atoms with Gasteiger partial charge in [0.25, 0.3) is 5.91 Å². The number of ether oxygens (including phenoxy) is 2. The van der Waals surface area contributed by atoms with E-state index in [4.69, 9.17) is 15.2 Å². The highest BCUT2D eigenvalue weighted by molar-refractivity contribution is 5.94. The molecule has 0 radical (unpaired) electrons. The quantitative estimate of drug-likeness (QED) is 0.565. The second kappa shape index (κ2) is 9.82. The van der Waals surface area contributed by atoms with Crippen LogP contribution in [0.2, 0.25) is 0 Å². The van der Waals surface area contributed by atoms with Crippen LogP contribution in [-0.4, -0.2) is 39.4 Å². The Morgan fingerprint density at radius 2 is 1.97 bits per heavy atom. The highest BCUT2D eigenvalue weighted by atomic mass is 19.4. The van der Waals surface area contributed by atoms with Gasteiger partial charge in [-0.2, -0.15) is 13.2 Å². The molecule has 0 aliphatic carbocycles. The van der Waals surface area contributed by atoms with Crippen molar-refractivity contribution in [1.82, 2.24) is 14.8 Å². The van der Waals surface area contributed by atoms with Crippen molar-refractivity contribution in [2.45, 2.75) is 37.8 Å². The molecule has 2 aromatic carbocycles. The molecule has 34 heavy (non-hydrogen) atoms. The summed E-state index contributed by atoms with van der Waals surface area (Å²) in [4.78, 5) is 12.4. The topological polar surface area (TPSA) is 104 Å². The number of hydrogen-bond acceptors (Lipinski definition) is 6. The fraction of sp³-hybridized carbons (Fsp3) is 0.348.